The molecule has 104 valence electrons. The molecule has 2 N–H and O–H groups in total. The zero-order valence-corrected chi connectivity index (χ0v) is 10.9. The average Bonchev–Trinajstić information content (AvgIpc) is 2.91. The number of ether oxygens (including phenoxy) is 1. The van der Waals surface area contributed by atoms with Crippen LogP contribution in [0.4, 0.5) is 0 Å². The summed E-state index contributed by atoms with van der Waals surface area (Å²) in [7, 11) is 0. The maximum absolute atomic E-state index is 12.0. The van der Waals surface area contributed by atoms with Crippen LogP contribution in [-0.4, -0.2) is 22.0 Å². The Morgan fingerprint density at radius 3 is 2.43 bits per heavy atom. The van der Waals surface area contributed by atoms with Gasteiger partial charge in [-0.05, 0) is 24.3 Å². The lowest BCUT2D eigenvalue weighted by molar-refractivity contribution is 0.0392. The van der Waals surface area contributed by atoms with Crippen molar-refractivity contribution in [1.82, 2.24) is 4.98 Å². The molecule has 21 heavy (non-hydrogen) atoms. The Morgan fingerprint density at radius 2 is 1.67 bits per heavy atom. The molecule has 0 aliphatic carbocycles. The monoisotopic (exact) mass is 281 g/mol. The lowest BCUT2D eigenvalue weighted by Crippen LogP contribution is -2.13. The highest BCUT2D eigenvalue weighted by Crippen LogP contribution is 2.19. The van der Waals surface area contributed by atoms with Crippen molar-refractivity contribution in [3.63, 3.8) is 0 Å². The molecule has 0 atom stereocenters. The fourth-order valence-electron chi connectivity index (χ4n) is 2.02. The lowest BCUT2D eigenvalue weighted by Gasteiger charge is -2.03. The van der Waals surface area contributed by atoms with Crippen molar-refractivity contribution in [3.8, 4) is 5.75 Å². The third kappa shape index (κ3) is 2.49. The minimum Gasteiger partial charge on any atom is -0.507 e. The smallest absolute Gasteiger partial charge is 0.362 e. The number of phenolic OH excluding ortho intramolecular Hbond substituents is 1. The number of esters is 2. The predicted octanol–water partition coefficient (Wildman–Crippen LogP) is 2.87. The van der Waals surface area contributed by atoms with Crippen molar-refractivity contribution >= 4 is 22.8 Å². The number of hydrogen-bond acceptors (Lipinski definition) is 4. The molecule has 0 aliphatic heterocycles. The number of benzene rings is 2. The highest BCUT2D eigenvalue weighted by atomic mass is 16.6. The Hall–Kier alpha value is -3.08. The predicted molar refractivity (Wildman–Crippen MR) is 76.2 cm³/mol. The molecule has 3 aromatic rings. The first-order valence-corrected chi connectivity index (χ1v) is 6.27. The summed E-state index contributed by atoms with van der Waals surface area (Å²) >= 11 is 0. The van der Waals surface area contributed by atoms with E-state index >= 15 is 0 Å². The number of H-pyrrole nitrogens is 1. The molecule has 5 heteroatoms. The molecule has 0 saturated heterocycles. The summed E-state index contributed by atoms with van der Waals surface area (Å²) in [5, 5.41) is 10.4. The van der Waals surface area contributed by atoms with Gasteiger partial charge in [-0.2, -0.15) is 0 Å². The van der Waals surface area contributed by atoms with E-state index in [1.54, 1.807) is 18.2 Å². The minimum atomic E-state index is -0.892. The van der Waals surface area contributed by atoms with Gasteiger partial charge in [0.15, 0.2) is 0 Å². The standard InChI is InChI=1S/C16H11NO4/c18-14-8-4-2-6-11(14)15(19)21-16(20)13-9-10-5-1-3-7-12(10)17-13/h1-9,17-18H. The average molecular weight is 281 g/mol. The molecule has 0 spiro atoms. The number of carbonyl (C=O) groups excluding carboxylic acids is 2. The van der Waals surface area contributed by atoms with Crippen LogP contribution in [0.3, 0.4) is 0 Å². The normalized spacial score (nSPS) is 10.5. The summed E-state index contributed by atoms with van der Waals surface area (Å²) in [6.07, 6.45) is 0. The number of hydrogen-bond donors (Lipinski definition) is 2. The van der Waals surface area contributed by atoms with Gasteiger partial charge in [0.25, 0.3) is 0 Å². The van der Waals surface area contributed by atoms with Crippen LogP contribution >= 0.6 is 0 Å². The third-order valence-electron chi connectivity index (χ3n) is 3.06. The SMILES string of the molecule is O=C(OC(=O)c1ccccc1O)c1cc2ccccc2[nH]1. The van der Waals surface area contributed by atoms with Gasteiger partial charge in [0.1, 0.15) is 17.0 Å². The van der Waals surface area contributed by atoms with E-state index < -0.39 is 11.9 Å². The molecule has 1 heterocycles. The van der Waals surface area contributed by atoms with Crippen molar-refractivity contribution in [2.75, 3.05) is 0 Å². The summed E-state index contributed by atoms with van der Waals surface area (Å²) in [4.78, 5) is 26.7. The van der Waals surface area contributed by atoms with Crippen molar-refractivity contribution in [2.24, 2.45) is 0 Å². The first-order chi connectivity index (χ1) is 10.1. The van der Waals surface area contributed by atoms with E-state index in [0.29, 0.717) is 0 Å². The van der Waals surface area contributed by atoms with Crippen LogP contribution < -0.4 is 0 Å². The molecule has 2 aromatic carbocycles. The third-order valence-corrected chi connectivity index (χ3v) is 3.06. The molecule has 5 nitrogen and oxygen atoms in total. The van der Waals surface area contributed by atoms with Gasteiger partial charge in [-0.1, -0.05) is 30.3 Å². The largest absolute Gasteiger partial charge is 0.507 e. The number of rotatable bonds is 2. The highest BCUT2D eigenvalue weighted by molar-refractivity contribution is 6.04. The van der Waals surface area contributed by atoms with E-state index in [-0.39, 0.29) is 17.0 Å². The maximum atomic E-state index is 12.0. The molecule has 0 amide bonds. The zero-order valence-electron chi connectivity index (χ0n) is 10.9. The van der Waals surface area contributed by atoms with Crippen LogP contribution in [-0.2, 0) is 4.74 Å². The molecule has 0 bridgehead atoms. The van der Waals surface area contributed by atoms with Crippen LogP contribution in [0.25, 0.3) is 10.9 Å². The zero-order chi connectivity index (χ0) is 14.8. The van der Waals surface area contributed by atoms with E-state index in [2.05, 4.69) is 4.98 Å². The van der Waals surface area contributed by atoms with Crippen LogP contribution in [0.15, 0.2) is 54.6 Å². The highest BCUT2D eigenvalue weighted by Gasteiger charge is 2.19. The lowest BCUT2D eigenvalue weighted by atomic mass is 10.2. The van der Waals surface area contributed by atoms with E-state index in [4.69, 9.17) is 4.74 Å². The molecular formula is C16H11NO4. The Labute approximate surface area is 119 Å². The fourth-order valence-corrected chi connectivity index (χ4v) is 2.02. The number of fused-ring (bicyclic) bond motifs is 1. The summed E-state index contributed by atoms with van der Waals surface area (Å²) < 4.78 is 4.76. The van der Waals surface area contributed by atoms with Crippen LogP contribution in [0.2, 0.25) is 0 Å². The topological polar surface area (TPSA) is 79.4 Å². The van der Waals surface area contributed by atoms with Gasteiger partial charge in [-0.25, -0.2) is 9.59 Å². The Morgan fingerprint density at radius 1 is 0.952 bits per heavy atom. The van der Waals surface area contributed by atoms with E-state index in [1.807, 2.05) is 24.3 Å². The Balaban J connectivity index is 1.83. The van der Waals surface area contributed by atoms with Crippen LogP contribution in [0.5, 0.6) is 5.75 Å². The van der Waals surface area contributed by atoms with E-state index in [0.717, 1.165) is 10.9 Å². The van der Waals surface area contributed by atoms with Gasteiger partial charge in [0.2, 0.25) is 0 Å². The first kappa shape index (κ1) is 12.9. The van der Waals surface area contributed by atoms with Crippen molar-refractivity contribution in [3.05, 3.63) is 65.9 Å². The van der Waals surface area contributed by atoms with Gasteiger partial charge >= 0.3 is 11.9 Å². The second-order valence-electron chi connectivity index (χ2n) is 4.46. The van der Waals surface area contributed by atoms with Crippen LogP contribution in [0.1, 0.15) is 20.8 Å². The number of aromatic hydroxyl groups is 1. The van der Waals surface area contributed by atoms with Crippen molar-refractivity contribution < 1.29 is 19.4 Å². The molecule has 0 radical (unpaired) electrons. The minimum absolute atomic E-state index is 0.0537. The molecule has 1 aromatic heterocycles. The Kier molecular flexibility index (Phi) is 3.16. The second kappa shape index (κ2) is 5.13. The van der Waals surface area contributed by atoms with Gasteiger partial charge < -0.3 is 14.8 Å². The van der Waals surface area contributed by atoms with E-state index in [1.165, 1.54) is 12.1 Å². The molecule has 0 unspecified atom stereocenters. The van der Waals surface area contributed by atoms with Crippen molar-refractivity contribution in [2.45, 2.75) is 0 Å². The molecule has 0 aliphatic rings. The number of nitrogens with one attached hydrogen (secondary N) is 1. The van der Waals surface area contributed by atoms with Gasteiger partial charge in [0, 0.05) is 10.9 Å². The van der Waals surface area contributed by atoms with Crippen molar-refractivity contribution in [1.29, 1.82) is 0 Å². The molecule has 0 fully saturated rings. The maximum Gasteiger partial charge on any atom is 0.362 e. The number of para-hydroxylation sites is 2. The number of aromatic amines is 1. The van der Waals surface area contributed by atoms with Gasteiger partial charge in [0.05, 0.1) is 0 Å². The second-order valence-corrected chi connectivity index (χ2v) is 4.46. The Bertz CT molecular complexity index is 802. The molecular weight excluding hydrogens is 270 g/mol. The number of carbonyl (C=O) groups is 2. The summed E-state index contributed by atoms with van der Waals surface area (Å²) in [5.74, 6) is -1.91. The number of phenols is 1. The summed E-state index contributed by atoms with van der Waals surface area (Å²) in [6.45, 7) is 0. The quantitative estimate of drug-likeness (QED) is 0.559. The molecule has 0 saturated carbocycles. The number of aromatic nitrogens is 1. The first-order valence-electron chi connectivity index (χ1n) is 6.27. The van der Waals surface area contributed by atoms with Crippen LogP contribution in [0, 0.1) is 0 Å². The fraction of sp³-hybridized carbons (Fsp3) is 0. The summed E-state index contributed by atoms with van der Waals surface area (Å²) in [6, 6.07) is 14.8. The van der Waals surface area contributed by atoms with Gasteiger partial charge in [-0.3, -0.25) is 0 Å². The van der Waals surface area contributed by atoms with Gasteiger partial charge in [-0.15, -0.1) is 0 Å². The molecule has 3 rings (SSSR count). The summed E-state index contributed by atoms with van der Waals surface area (Å²) in [5.41, 5.74) is 0.904. The van der Waals surface area contributed by atoms with E-state index in [9.17, 15) is 14.7 Å².